The van der Waals surface area contributed by atoms with Gasteiger partial charge in [-0.15, -0.1) is 0 Å². The van der Waals surface area contributed by atoms with Crippen molar-refractivity contribution in [3.8, 4) is 5.75 Å². The quantitative estimate of drug-likeness (QED) is 0.614. The summed E-state index contributed by atoms with van der Waals surface area (Å²) >= 11 is 1.58. The second-order valence-electron chi connectivity index (χ2n) is 4.83. The van der Waals surface area contributed by atoms with E-state index in [1.54, 1.807) is 25.1 Å². The van der Waals surface area contributed by atoms with Gasteiger partial charge in [0.1, 0.15) is 5.75 Å². The van der Waals surface area contributed by atoms with Crippen LogP contribution in [0.3, 0.4) is 0 Å². The van der Waals surface area contributed by atoms with E-state index in [0.717, 1.165) is 37.7 Å². The Labute approximate surface area is 131 Å². The summed E-state index contributed by atoms with van der Waals surface area (Å²) in [7, 11) is 1.67. The first kappa shape index (κ1) is 13.2. The highest BCUT2D eigenvalue weighted by molar-refractivity contribution is 7.99. The van der Waals surface area contributed by atoms with E-state index in [9.17, 15) is 0 Å². The molecule has 0 aliphatic heterocycles. The molecule has 0 unspecified atom stereocenters. The molecule has 2 aromatic heterocycles. The third kappa shape index (κ3) is 2.19. The van der Waals surface area contributed by atoms with Crippen LogP contribution in [-0.4, -0.2) is 22.1 Å². The molecule has 0 spiro atoms. The molecule has 4 nitrogen and oxygen atoms in total. The minimum absolute atomic E-state index is 0.831. The van der Waals surface area contributed by atoms with Gasteiger partial charge < -0.3 is 9.72 Å². The van der Waals surface area contributed by atoms with Gasteiger partial charge in [-0.3, -0.25) is 4.98 Å². The van der Waals surface area contributed by atoms with E-state index in [4.69, 9.17) is 4.74 Å². The highest BCUT2D eigenvalue weighted by atomic mass is 32.2. The van der Waals surface area contributed by atoms with Crippen LogP contribution < -0.4 is 4.74 Å². The van der Waals surface area contributed by atoms with Gasteiger partial charge in [-0.2, -0.15) is 0 Å². The first-order valence-electron chi connectivity index (χ1n) is 6.89. The number of pyridine rings is 1. The highest BCUT2D eigenvalue weighted by Gasteiger charge is 2.10. The van der Waals surface area contributed by atoms with Crippen LogP contribution in [0, 0.1) is 0 Å². The summed E-state index contributed by atoms with van der Waals surface area (Å²) in [4.78, 5) is 13.5. The Morgan fingerprint density at radius 2 is 1.95 bits per heavy atom. The topological polar surface area (TPSA) is 50.8 Å². The number of aromatic nitrogens is 3. The first-order chi connectivity index (χ1) is 10.8. The number of nitrogens with zero attached hydrogens (tertiary/aromatic N) is 2. The van der Waals surface area contributed by atoms with Gasteiger partial charge in [0.15, 0.2) is 5.16 Å². The molecule has 1 N–H and O–H groups in total. The van der Waals surface area contributed by atoms with Gasteiger partial charge in [-0.1, -0.05) is 18.2 Å². The fourth-order valence-electron chi connectivity index (χ4n) is 2.47. The third-order valence-electron chi connectivity index (χ3n) is 3.49. The number of methoxy groups -OCH3 is 1. The zero-order valence-corrected chi connectivity index (χ0v) is 12.7. The van der Waals surface area contributed by atoms with Crippen LogP contribution in [0.1, 0.15) is 0 Å². The van der Waals surface area contributed by atoms with Crippen LogP contribution in [0.15, 0.2) is 64.8 Å². The number of ether oxygens (including phenoxy) is 1. The molecule has 0 bridgehead atoms. The van der Waals surface area contributed by atoms with Crippen LogP contribution in [0.5, 0.6) is 5.75 Å². The van der Waals surface area contributed by atoms with Gasteiger partial charge in [-0.05, 0) is 42.1 Å². The lowest BCUT2D eigenvalue weighted by Crippen LogP contribution is -1.88. The number of benzene rings is 2. The Kier molecular flexibility index (Phi) is 3.20. The number of para-hydroxylation sites is 3. The number of hydrogen-bond donors (Lipinski definition) is 1. The van der Waals surface area contributed by atoms with Gasteiger partial charge in [0.2, 0.25) is 0 Å². The average Bonchev–Trinajstić information content (AvgIpc) is 2.97. The Balaban J connectivity index is 1.81. The van der Waals surface area contributed by atoms with E-state index in [1.807, 2.05) is 48.5 Å². The molecule has 4 rings (SSSR count). The predicted molar refractivity (Wildman–Crippen MR) is 88.5 cm³/mol. The number of H-pyrrole nitrogens is 1. The van der Waals surface area contributed by atoms with Gasteiger partial charge >= 0.3 is 0 Å². The summed E-state index contributed by atoms with van der Waals surface area (Å²) in [6.07, 6.45) is 1.77. The summed E-state index contributed by atoms with van der Waals surface area (Å²) < 4.78 is 5.41. The van der Waals surface area contributed by atoms with Crippen molar-refractivity contribution >= 4 is 33.7 Å². The lowest BCUT2D eigenvalue weighted by Gasteiger charge is -2.07. The maximum absolute atomic E-state index is 5.41. The molecule has 22 heavy (non-hydrogen) atoms. The Hall–Kier alpha value is -2.53. The molecule has 5 heteroatoms. The standard InChI is InChI=1S/C17H13N3OS/c1-21-14-9-10-18-16-11(14)5-4-8-15(16)22-17-19-12-6-2-3-7-13(12)20-17/h2-10H,1H3,(H,19,20). The smallest absolute Gasteiger partial charge is 0.171 e. The first-order valence-corrected chi connectivity index (χ1v) is 7.71. The van der Waals surface area contributed by atoms with E-state index in [2.05, 4.69) is 15.0 Å². The van der Waals surface area contributed by atoms with Crippen LogP contribution in [0.2, 0.25) is 0 Å². The molecule has 0 saturated heterocycles. The van der Waals surface area contributed by atoms with Crippen molar-refractivity contribution in [3.05, 3.63) is 54.7 Å². The molecule has 2 aromatic carbocycles. The van der Waals surface area contributed by atoms with Gasteiger partial charge in [0, 0.05) is 16.5 Å². The minimum atomic E-state index is 0.831. The Bertz CT molecular complexity index is 931. The lowest BCUT2D eigenvalue weighted by molar-refractivity contribution is 0.419. The molecule has 0 atom stereocenters. The van der Waals surface area contributed by atoms with Crippen molar-refractivity contribution < 1.29 is 4.74 Å². The molecular formula is C17H13N3OS. The second-order valence-corrected chi connectivity index (χ2v) is 5.86. The number of aromatic amines is 1. The van der Waals surface area contributed by atoms with Crippen molar-refractivity contribution in [2.75, 3.05) is 7.11 Å². The number of rotatable bonds is 3. The fourth-order valence-corrected chi connectivity index (χ4v) is 3.39. The molecule has 108 valence electrons. The Morgan fingerprint density at radius 3 is 2.82 bits per heavy atom. The minimum Gasteiger partial charge on any atom is -0.496 e. The summed E-state index contributed by atoms with van der Waals surface area (Å²) in [5.74, 6) is 0.831. The maximum Gasteiger partial charge on any atom is 0.171 e. The zero-order valence-electron chi connectivity index (χ0n) is 11.9. The van der Waals surface area contributed by atoms with Crippen molar-refractivity contribution in [1.29, 1.82) is 0 Å². The number of nitrogens with one attached hydrogen (secondary N) is 1. The van der Waals surface area contributed by atoms with Gasteiger partial charge in [-0.25, -0.2) is 4.98 Å². The Morgan fingerprint density at radius 1 is 1.05 bits per heavy atom. The zero-order chi connectivity index (χ0) is 14.9. The van der Waals surface area contributed by atoms with Crippen molar-refractivity contribution in [2.45, 2.75) is 10.1 Å². The van der Waals surface area contributed by atoms with E-state index in [0.29, 0.717) is 0 Å². The van der Waals surface area contributed by atoms with Crippen molar-refractivity contribution in [2.24, 2.45) is 0 Å². The van der Waals surface area contributed by atoms with Crippen LogP contribution >= 0.6 is 11.8 Å². The monoisotopic (exact) mass is 307 g/mol. The molecule has 0 aliphatic rings. The SMILES string of the molecule is COc1ccnc2c(Sc3nc4ccccc4[nH]3)cccc12. The van der Waals surface area contributed by atoms with E-state index < -0.39 is 0 Å². The average molecular weight is 307 g/mol. The van der Waals surface area contributed by atoms with E-state index >= 15 is 0 Å². The fraction of sp³-hybridized carbons (Fsp3) is 0.0588. The predicted octanol–water partition coefficient (Wildman–Crippen LogP) is 4.27. The normalized spacial score (nSPS) is 11.1. The molecule has 0 saturated carbocycles. The number of fused-ring (bicyclic) bond motifs is 2. The van der Waals surface area contributed by atoms with Crippen LogP contribution in [0.25, 0.3) is 21.9 Å². The largest absolute Gasteiger partial charge is 0.496 e. The maximum atomic E-state index is 5.41. The second kappa shape index (κ2) is 5.35. The summed E-state index contributed by atoms with van der Waals surface area (Å²) in [6, 6.07) is 16.0. The molecule has 0 radical (unpaired) electrons. The molecular weight excluding hydrogens is 294 g/mol. The highest BCUT2D eigenvalue weighted by Crippen LogP contribution is 2.34. The molecule has 0 fully saturated rings. The van der Waals surface area contributed by atoms with Gasteiger partial charge in [0.05, 0.1) is 23.7 Å². The third-order valence-corrected chi connectivity index (χ3v) is 4.42. The van der Waals surface area contributed by atoms with Crippen molar-refractivity contribution in [3.63, 3.8) is 0 Å². The summed E-state index contributed by atoms with van der Waals surface area (Å²) in [5, 5.41) is 1.87. The molecule has 4 aromatic rings. The molecule has 0 aliphatic carbocycles. The van der Waals surface area contributed by atoms with Crippen molar-refractivity contribution in [1.82, 2.24) is 15.0 Å². The van der Waals surface area contributed by atoms with E-state index in [-0.39, 0.29) is 0 Å². The lowest BCUT2D eigenvalue weighted by atomic mass is 10.2. The van der Waals surface area contributed by atoms with E-state index in [1.165, 1.54) is 0 Å². The molecule has 2 heterocycles. The summed E-state index contributed by atoms with van der Waals surface area (Å²) in [5.41, 5.74) is 2.93. The van der Waals surface area contributed by atoms with Crippen LogP contribution in [-0.2, 0) is 0 Å². The van der Waals surface area contributed by atoms with Crippen LogP contribution in [0.4, 0.5) is 0 Å². The number of imidazole rings is 1. The van der Waals surface area contributed by atoms with Gasteiger partial charge in [0.25, 0.3) is 0 Å². The summed E-state index contributed by atoms with van der Waals surface area (Å²) in [6.45, 7) is 0. The molecule has 0 amide bonds. The number of hydrogen-bond acceptors (Lipinski definition) is 4.